The van der Waals surface area contributed by atoms with Crippen molar-refractivity contribution in [2.24, 2.45) is 4.99 Å². The second kappa shape index (κ2) is 9.75. The second-order valence-corrected chi connectivity index (χ2v) is 2.03. The smallest absolute Gasteiger partial charge is 0.106 e. The van der Waals surface area contributed by atoms with E-state index >= 15 is 0 Å². The minimum absolute atomic E-state index is 0.733. The van der Waals surface area contributed by atoms with Crippen LogP contribution < -0.4 is 5.32 Å². The first-order valence-corrected chi connectivity index (χ1v) is 3.99. The van der Waals surface area contributed by atoms with Gasteiger partial charge in [0, 0.05) is 13.6 Å². The molecule has 0 atom stereocenters. The van der Waals surface area contributed by atoms with Crippen molar-refractivity contribution in [2.75, 3.05) is 20.2 Å². The summed E-state index contributed by atoms with van der Waals surface area (Å²) in [6.07, 6.45) is 9.15. The molecule has 1 heterocycles. The summed E-state index contributed by atoms with van der Waals surface area (Å²) in [5, 5.41) is 2.91. The van der Waals surface area contributed by atoms with Gasteiger partial charge < -0.3 is 10.1 Å². The van der Waals surface area contributed by atoms with Gasteiger partial charge in [0.05, 0.1) is 12.6 Å². The highest BCUT2D eigenvalue weighted by molar-refractivity contribution is 5.53. The van der Waals surface area contributed by atoms with Crippen LogP contribution in [0.1, 0.15) is 6.92 Å². The average Bonchev–Trinajstić information content (AvgIpc) is 2.18. The van der Waals surface area contributed by atoms with Crippen LogP contribution in [0.2, 0.25) is 0 Å². The normalized spacial score (nSPS) is 13.5. The Hall–Kier alpha value is -1.25. The van der Waals surface area contributed by atoms with E-state index < -0.39 is 0 Å². The molecular weight excluding hydrogens is 152 g/mol. The van der Waals surface area contributed by atoms with Gasteiger partial charge in [-0.3, -0.25) is 4.99 Å². The van der Waals surface area contributed by atoms with Crippen molar-refractivity contribution in [3.05, 3.63) is 24.5 Å². The summed E-state index contributed by atoms with van der Waals surface area (Å²) in [6, 6.07) is 0. The minimum atomic E-state index is 0.733. The summed E-state index contributed by atoms with van der Waals surface area (Å²) >= 11 is 0. The quantitative estimate of drug-likeness (QED) is 0.498. The van der Waals surface area contributed by atoms with E-state index in [2.05, 4.69) is 10.3 Å². The second-order valence-electron chi connectivity index (χ2n) is 2.03. The lowest BCUT2D eigenvalue weighted by Crippen LogP contribution is -2.08. The molecule has 0 radical (unpaired) electrons. The lowest BCUT2D eigenvalue weighted by atomic mass is 10.5. The van der Waals surface area contributed by atoms with Crippen LogP contribution in [0.4, 0.5) is 0 Å². The number of nitrogens with one attached hydrogen (secondary N) is 1. The molecule has 0 unspecified atom stereocenters. The predicted molar refractivity (Wildman–Crippen MR) is 52.3 cm³/mol. The van der Waals surface area contributed by atoms with Crippen LogP contribution in [-0.4, -0.2) is 26.5 Å². The lowest BCUT2D eigenvalue weighted by molar-refractivity contribution is 0.286. The standard InChI is InChI=1S/C5H6O.C4H10N2/c1-2-4-6-5-3-1;1-3-6-4-5-2/h1-4H,5H2;4H,3H2,1-2H3,(H,5,6). The first-order valence-electron chi connectivity index (χ1n) is 3.99. The maximum Gasteiger partial charge on any atom is 0.106 e. The third kappa shape index (κ3) is 8.75. The lowest BCUT2D eigenvalue weighted by Gasteiger charge is -1.94. The van der Waals surface area contributed by atoms with Crippen LogP contribution in [-0.2, 0) is 4.74 Å². The molecule has 0 aromatic carbocycles. The summed E-state index contributed by atoms with van der Waals surface area (Å²) in [5.74, 6) is 0. The van der Waals surface area contributed by atoms with Crippen LogP contribution in [0, 0.1) is 0 Å². The maximum atomic E-state index is 4.80. The molecule has 0 aliphatic carbocycles. The van der Waals surface area contributed by atoms with E-state index in [0.717, 1.165) is 13.2 Å². The Morgan fingerprint density at radius 2 is 2.42 bits per heavy atom. The van der Waals surface area contributed by atoms with E-state index in [1.165, 1.54) is 0 Å². The van der Waals surface area contributed by atoms with Gasteiger partial charge in [0.2, 0.25) is 0 Å². The van der Waals surface area contributed by atoms with E-state index in [9.17, 15) is 0 Å². The maximum absolute atomic E-state index is 4.80. The van der Waals surface area contributed by atoms with E-state index in [0.29, 0.717) is 0 Å². The van der Waals surface area contributed by atoms with Crippen LogP contribution in [0.5, 0.6) is 0 Å². The van der Waals surface area contributed by atoms with Crippen molar-refractivity contribution in [1.82, 2.24) is 5.32 Å². The van der Waals surface area contributed by atoms with Crippen LogP contribution >= 0.6 is 0 Å². The number of hydrogen-bond acceptors (Lipinski definition) is 2. The number of allylic oxidation sites excluding steroid dienone is 2. The Morgan fingerprint density at radius 3 is 2.58 bits per heavy atom. The van der Waals surface area contributed by atoms with Gasteiger partial charge in [-0.1, -0.05) is 6.08 Å². The fourth-order valence-corrected chi connectivity index (χ4v) is 0.529. The summed E-state index contributed by atoms with van der Waals surface area (Å²) < 4.78 is 4.80. The number of ether oxygens (including phenoxy) is 1. The van der Waals surface area contributed by atoms with Crippen molar-refractivity contribution in [1.29, 1.82) is 0 Å². The van der Waals surface area contributed by atoms with Crippen molar-refractivity contribution < 1.29 is 4.74 Å². The average molecular weight is 168 g/mol. The first kappa shape index (κ1) is 10.8. The molecule has 1 N–H and O–H groups in total. The van der Waals surface area contributed by atoms with Gasteiger partial charge >= 0.3 is 0 Å². The van der Waals surface area contributed by atoms with Crippen LogP contribution in [0.3, 0.4) is 0 Å². The Kier molecular flexibility index (Phi) is 8.73. The summed E-state index contributed by atoms with van der Waals surface area (Å²) in [6.45, 7) is 3.72. The van der Waals surface area contributed by atoms with Gasteiger partial charge in [0.25, 0.3) is 0 Å². The van der Waals surface area contributed by atoms with Crippen LogP contribution in [0.15, 0.2) is 29.5 Å². The number of hydrogen-bond donors (Lipinski definition) is 1. The zero-order valence-corrected chi connectivity index (χ0v) is 7.66. The largest absolute Gasteiger partial charge is 0.497 e. The Morgan fingerprint density at radius 1 is 1.58 bits per heavy atom. The molecule has 0 amide bonds. The molecule has 0 fully saturated rings. The van der Waals surface area contributed by atoms with Gasteiger partial charge in [-0.15, -0.1) is 0 Å². The van der Waals surface area contributed by atoms with Gasteiger partial charge in [0.1, 0.15) is 6.61 Å². The summed E-state index contributed by atoms with van der Waals surface area (Å²) in [7, 11) is 1.74. The Labute approximate surface area is 73.8 Å². The third-order valence-electron chi connectivity index (χ3n) is 1.04. The van der Waals surface area contributed by atoms with Gasteiger partial charge in [-0.25, -0.2) is 0 Å². The molecule has 0 aromatic heterocycles. The molecular formula is C9H16N2O. The topological polar surface area (TPSA) is 33.6 Å². The molecule has 1 aliphatic rings. The molecule has 3 nitrogen and oxygen atoms in total. The molecule has 0 spiro atoms. The molecule has 0 aromatic rings. The van der Waals surface area contributed by atoms with E-state index in [-0.39, 0.29) is 0 Å². The number of aliphatic imine (C=N–C) groups is 1. The van der Waals surface area contributed by atoms with Crippen molar-refractivity contribution in [3.8, 4) is 0 Å². The first-order chi connectivity index (χ1) is 5.91. The molecule has 1 aliphatic heterocycles. The molecule has 68 valence electrons. The molecule has 12 heavy (non-hydrogen) atoms. The van der Waals surface area contributed by atoms with E-state index in [1.54, 1.807) is 19.6 Å². The fraction of sp³-hybridized carbons (Fsp3) is 0.444. The number of nitrogens with zero attached hydrogens (tertiary/aromatic N) is 1. The highest BCUT2D eigenvalue weighted by atomic mass is 16.5. The van der Waals surface area contributed by atoms with E-state index in [4.69, 9.17) is 4.74 Å². The SMILES string of the molecule is C1=CCOC=C1.CCNC=NC. The summed E-state index contributed by atoms with van der Waals surface area (Å²) in [4.78, 5) is 3.69. The van der Waals surface area contributed by atoms with Crippen LogP contribution in [0.25, 0.3) is 0 Å². The van der Waals surface area contributed by atoms with Gasteiger partial charge in [-0.05, 0) is 19.1 Å². The zero-order valence-electron chi connectivity index (χ0n) is 7.66. The zero-order chi connectivity index (χ0) is 9.07. The highest BCUT2D eigenvalue weighted by Gasteiger charge is 1.75. The fourth-order valence-electron chi connectivity index (χ4n) is 0.529. The predicted octanol–water partition coefficient (Wildman–Crippen LogP) is 1.34. The third-order valence-corrected chi connectivity index (χ3v) is 1.04. The summed E-state index contributed by atoms with van der Waals surface area (Å²) in [5.41, 5.74) is 0. The molecule has 0 saturated heterocycles. The van der Waals surface area contributed by atoms with Gasteiger partial charge in [0.15, 0.2) is 0 Å². The molecule has 0 saturated carbocycles. The van der Waals surface area contributed by atoms with Crippen molar-refractivity contribution >= 4 is 6.34 Å². The van der Waals surface area contributed by atoms with E-state index in [1.807, 2.05) is 25.2 Å². The molecule has 0 bridgehead atoms. The minimum Gasteiger partial charge on any atom is -0.497 e. The number of rotatable bonds is 2. The Bertz CT molecular complexity index is 150. The monoisotopic (exact) mass is 168 g/mol. The van der Waals surface area contributed by atoms with Crippen molar-refractivity contribution in [3.63, 3.8) is 0 Å². The van der Waals surface area contributed by atoms with Crippen molar-refractivity contribution in [2.45, 2.75) is 6.92 Å². The Balaban J connectivity index is 0.000000202. The molecule has 3 heteroatoms. The highest BCUT2D eigenvalue weighted by Crippen LogP contribution is 1.87. The van der Waals surface area contributed by atoms with Gasteiger partial charge in [-0.2, -0.15) is 0 Å². The molecule has 1 rings (SSSR count).